The first-order chi connectivity index (χ1) is 11.6. The molecule has 2 heterocycles. The maximum Gasteiger partial charge on any atom is 0.264 e. The lowest BCUT2D eigenvalue weighted by Crippen LogP contribution is -2.12. The molecule has 0 atom stereocenters. The normalized spacial score (nSPS) is 10.4. The molecule has 1 amide bonds. The van der Waals surface area contributed by atoms with Crippen molar-refractivity contribution in [1.29, 1.82) is 0 Å². The molecule has 0 aliphatic carbocycles. The topological polar surface area (TPSA) is 90.1 Å². The van der Waals surface area contributed by atoms with Gasteiger partial charge in [-0.3, -0.25) is 4.79 Å². The SMILES string of the molecule is Cc1noc(COc2ccc(C(=O)Nc3cccc(Br)c3)cn2)n1. The van der Waals surface area contributed by atoms with Gasteiger partial charge in [-0.25, -0.2) is 4.98 Å². The minimum absolute atomic E-state index is 0.122. The first-order valence-corrected chi connectivity index (χ1v) is 7.84. The van der Waals surface area contributed by atoms with Crippen LogP contribution in [0.2, 0.25) is 0 Å². The zero-order chi connectivity index (χ0) is 16.9. The van der Waals surface area contributed by atoms with Crippen molar-refractivity contribution in [3.63, 3.8) is 0 Å². The number of amides is 1. The first kappa shape index (κ1) is 16.1. The number of halogens is 1. The lowest BCUT2D eigenvalue weighted by Gasteiger charge is -2.06. The van der Waals surface area contributed by atoms with Crippen LogP contribution in [0, 0.1) is 6.92 Å². The van der Waals surface area contributed by atoms with E-state index in [1.165, 1.54) is 6.20 Å². The third-order valence-corrected chi connectivity index (χ3v) is 3.49. The molecule has 0 saturated heterocycles. The van der Waals surface area contributed by atoms with Crippen molar-refractivity contribution in [2.75, 3.05) is 5.32 Å². The molecule has 0 unspecified atom stereocenters. The van der Waals surface area contributed by atoms with Gasteiger partial charge in [-0.2, -0.15) is 4.98 Å². The van der Waals surface area contributed by atoms with Crippen molar-refractivity contribution < 1.29 is 14.1 Å². The predicted octanol–water partition coefficient (Wildman–Crippen LogP) is 3.37. The van der Waals surface area contributed by atoms with Gasteiger partial charge in [0, 0.05) is 22.4 Å². The maximum atomic E-state index is 12.2. The second kappa shape index (κ2) is 7.22. The molecule has 0 bridgehead atoms. The maximum absolute atomic E-state index is 12.2. The summed E-state index contributed by atoms with van der Waals surface area (Å²) in [5.74, 6) is 1.02. The van der Waals surface area contributed by atoms with Gasteiger partial charge in [-0.1, -0.05) is 27.2 Å². The zero-order valence-electron chi connectivity index (χ0n) is 12.7. The van der Waals surface area contributed by atoms with Gasteiger partial charge in [-0.05, 0) is 31.2 Å². The number of nitrogens with zero attached hydrogens (tertiary/aromatic N) is 3. The van der Waals surface area contributed by atoms with E-state index < -0.39 is 0 Å². The molecule has 24 heavy (non-hydrogen) atoms. The van der Waals surface area contributed by atoms with E-state index in [-0.39, 0.29) is 12.5 Å². The van der Waals surface area contributed by atoms with Crippen molar-refractivity contribution >= 4 is 27.5 Å². The summed E-state index contributed by atoms with van der Waals surface area (Å²) in [7, 11) is 0. The van der Waals surface area contributed by atoms with Gasteiger partial charge in [0.05, 0.1) is 5.56 Å². The van der Waals surface area contributed by atoms with Gasteiger partial charge in [0.25, 0.3) is 11.8 Å². The second-order valence-corrected chi connectivity index (χ2v) is 5.79. The fourth-order valence-electron chi connectivity index (χ4n) is 1.90. The number of carbonyl (C=O) groups excluding carboxylic acids is 1. The average Bonchev–Trinajstić information content (AvgIpc) is 2.99. The van der Waals surface area contributed by atoms with Crippen LogP contribution in [0.1, 0.15) is 22.1 Å². The number of anilines is 1. The molecule has 8 heteroatoms. The summed E-state index contributed by atoms with van der Waals surface area (Å²) in [6, 6.07) is 10.6. The molecule has 2 aromatic heterocycles. The Kier molecular flexibility index (Phi) is 4.85. The number of hydrogen-bond acceptors (Lipinski definition) is 6. The van der Waals surface area contributed by atoms with Crippen LogP contribution in [-0.2, 0) is 6.61 Å². The van der Waals surface area contributed by atoms with E-state index in [2.05, 4.69) is 36.4 Å². The first-order valence-electron chi connectivity index (χ1n) is 7.05. The van der Waals surface area contributed by atoms with Gasteiger partial charge >= 0.3 is 0 Å². The average molecular weight is 389 g/mol. The van der Waals surface area contributed by atoms with Crippen LogP contribution in [0.5, 0.6) is 5.88 Å². The van der Waals surface area contributed by atoms with Crippen LogP contribution >= 0.6 is 15.9 Å². The van der Waals surface area contributed by atoms with Gasteiger partial charge < -0.3 is 14.6 Å². The van der Waals surface area contributed by atoms with Crippen LogP contribution in [0.15, 0.2) is 51.6 Å². The highest BCUT2D eigenvalue weighted by Gasteiger charge is 2.09. The molecule has 0 aliphatic rings. The molecular formula is C16H13BrN4O3. The standard InChI is InChI=1S/C16H13BrN4O3/c1-10-19-15(24-21-10)9-23-14-6-5-11(8-18-14)16(22)20-13-4-2-3-12(17)7-13/h2-8H,9H2,1H3,(H,20,22). The van der Waals surface area contributed by atoms with E-state index >= 15 is 0 Å². The summed E-state index contributed by atoms with van der Waals surface area (Å²) < 4.78 is 11.3. The Morgan fingerprint density at radius 1 is 1.33 bits per heavy atom. The molecule has 0 spiro atoms. The fraction of sp³-hybridized carbons (Fsp3) is 0.125. The van der Waals surface area contributed by atoms with E-state index in [0.29, 0.717) is 28.8 Å². The second-order valence-electron chi connectivity index (χ2n) is 4.87. The van der Waals surface area contributed by atoms with E-state index in [1.54, 1.807) is 25.1 Å². The number of benzene rings is 1. The molecule has 7 nitrogen and oxygen atoms in total. The van der Waals surface area contributed by atoms with Crippen molar-refractivity contribution in [3.05, 3.63) is 64.3 Å². The number of aryl methyl sites for hydroxylation is 1. The van der Waals surface area contributed by atoms with Gasteiger partial charge in [-0.15, -0.1) is 0 Å². The molecular weight excluding hydrogens is 376 g/mol. The van der Waals surface area contributed by atoms with Crippen molar-refractivity contribution in [2.45, 2.75) is 13.5 Å². The summed E-state index contributed by atoms with van der Waals surface area (Å²) in [6.07, 6.45) is 1.45. The Hall–Kier alpha value is -2.74. The number of pyridine rings is 1. The van der Waals surface area contributed by atoms with Crippen molar-refractivity contribution in [1.82, 2.24) is 15.1 Å². The van der Waals surface area contributed by atoms with Crippen LogP contribution in [0.25, 0.3) is 0 Å². The molecule has 0 saturated carbocycles. The smallest absolute Gasteiger partial charge is 0.264 e. The Balaban J connectivity index is 1.60. The van der Waals surface area contributed by atoms with Gasteiger partial charge in [0.1, 0.15) is 0 Å². The number of carbonyl (C=O) groups is 1. The molecule has 122 valence electrons. The molecule has 0 fully saturated rings. The predicted molar refractivity (Wildman–Crippen MR) is 89.7 cm³/mol. The summed E-state index contributed by atoms with van der Waals surface area (Å²) in [5, 5.41) is 6.47. The summed E-state index contributed by atoms with van der Waals surface area (Å²) in [5.41, 5.74) is 1.12. The van der Waals surface area contributed by atoms with Crippen LogP contribution < -0.4 is 10.1 Å². The molecule has 1 aromatic carbocycles. The monoisotopic (exact) mass is 388 g/mol. The van der Waals surface area contributed by atoms with Gasteiger partial charge in [0.15, 0.2) is 12.4 Å². The minimum atomic E-state index is -0.250. The lowest BCUT2D eigenvalue weighted by molar-refractivity contribution is 0.102. The quantitative estimate of drug-likeness (QED) is 0.720. The third kappa shape index (κ3) is 4.17. The van der Waals surface area contributed by atoms with Crippen LogP contribution in [-0.4, -0.2) is 21.0 Å². The molecule has 0 radical (unpaired) electrons. The number of ether oxygens (including phenoxy) is 1. The number of aromatic nitrogens is 3. The van der Waals surface area contributed by atoms with Crippen LogP contribution in [0.3, 0.4) is 0 Å². The molecule has 3 aromatic rings. The molecule has 0 aliphatic heterocycles. The van der Waals surface area contributed by atoms with E-state index in [9.17, 15) is 4.79 Å². The third-order valence-electron chi connectivity index (χ3n) is 2.99. The Morgan fingerprint density at radius 2 is 2.21 bits per heavy atom. The van der Waals surface area contributed by atoms with E-state index in [4.69, 9.17) is 9.26 Å². The number of rotatable bonds is 5. The van der Waals surface area contributed by atoms with Crippen LogP contribution in [0.4, 0.5) is 5.69 Å². The summed E-state index contributed by atoms with van der Waals surface area (Å²) >= 11 is 3.36. The Morgan fingerprint density at radius 3 is 2.88 bits per heavy atom. The van der Waals surface area contributed by atoms with Gasteiger partial charge in [0.2, 0.25) is 5.88 Å². The summed E-state index contributed by atoms with van der Waals surface area (Å²) in [6.45, 7) is 1.85. The largest absolute Gasteiger partial charge is 0.468 e. The van der Waals surface area contributed by atoms with Crippen molar-refractivity contribution in [2.24, 2.45) is 0 Å². The minimum Gasteiger partial charge on any atom is -0.468 e. The number of nitrogens with one attached hydrogen (secondary N) is 1. The van der Waals surface area contributed by atoms with E-state index in [1.807, 2.05) is 18.2 Å². The molecule has 1 N–H and O–H groups in total. The highest BCUT2D eigenvalue weighted by molar-refractivity contribution is 9.10. The lowest BCUT2D eigenvalue weighted by atomic mass is 10.2. The Bertz CT molecular complexity index is 849. The van der Waals surface area contributed by atoms with Crippen molar-refractivity contribution in [3.8, 4) is 5.88 Å². The highest BCUT2D eigenvalue weighted by Crippen LogP contribution is 2.17. The fourth-order valence-corrected chi connectivity index (χ4v) is 2.30. The Labute approximate surface area is 146 Å². The number of hydrogen-bond donors (Lipinski definition) is 1. The summed E-state index contributed by atoms with van der Waals surface area (Å²) in [4.78, 5) is 20.3. The highest BCUT2D eigenvalue weighted by atomic mass is 79.9. The molecule has 3 rings (SSSR count). The zero-order valence-corrected chi connectivity index (χ0v) is 14.3. The van der Waals surface area contributed by atoms with E-state index in [0.717, 1.165) is 4.47 Å².